The van der Waals surface area contributed by atoms with Crippen molar-refractivity contribution in [2.45, 2.75) is 6.92 Å². The minimum Gasteiger partial charge on any atom is -0.437 e. The minimum absolute atomic E-state index is 0.0197. The predicted octanol–water partition coefficient (Wildman–Crippen LogP) is 3.90. The van der Waals surface area contributed by atoms with Gasteiger partial charge in [0, 0.05) is 6.07 Å². The number of ether oxygens (including phenoxy) is 1. The molecule has 98 valence electrons. The zero-order chi connectivity index (χ0) is 14.0. The lowest BCUT2D eigenvalue weighted by atomic mass is 10.2. The van der Waals surface area contributed by atoms with Crippen LogP contribution in [0, 0.1) is 17.0 Å². The summed E-state index contributed by atoms with van der Waals surface area (Å²) in [6.45, 7) is 1.60. The Bertz CT molecular complexity index is 651. The van der Waals surface area contributed by atoms with Gasteiger partial charge in [-0.15, -0.1) is 0 Å². The van der Waals surface area contributed by atoms with Crippen molar-refractivity contribution in [2.24, 2.45) is 0 Å². The van der Waals surface area contributed by atoms with Crippen LogP contribution in [0.15, 0.2) is 29.0 Å². The van der Waals surface area contributed by atoms with Crippen molar-refractivity contribution >= 4 is 33.2 Å². The van der Waals surface area contributed by atoms with E-state index in [9.17, 15) is 10.1 Å². The fourth-order valence-corrected chi connectivity index (χ4v) is 1.83. The van der Waals surface area contributed by atoms with E-state index < -0.39 is 4.92 Å². The maximum Gasteiger partial charge on any atom is 0.276 e. The Labute approximate surface area is 121 Å². The van der Waals surface area contributed by atoms with Crippen molar-refractivity contribution in [3.63, 3.8) is 0 Å². The van der Waals surface area contributed by atoms with E-state index in [-0.39, 0.29) is 16.7 Å². The highest BCUT2D eigenvalue weighted by Gasteiger charge is 2.16. The van der Waals surface area contributed by atoms with Crippen molar-refractivity contribution in [1.82, 2.24) is 9.97 Å². The summed E-state index contributed by atoms with van der Waals surface area (Å²) in [5, 5.41) is 11.0. The first kappa shape index (κ1) is 13.7. The van der Waals surface area contributed by atoms with Crippen LogP contribution in [0.2, 0.25) is 5.15 Å². The van der Waals surface area contributed by atoms with E-state index in [1.54, 1.807) is 13.0 Å². The molecule has 2 aromatic rings. The highest BCUT2D eigenvalue weighted by atomic mass is 79.9. The summed E-state index contributed by atoms with van der Waals surface area (Å²) >= 11 is 9.01. The smallest absolute Gasteiger partial charge is 0.276 e. The lowest BCUT2D eigenvalue weighted by Crippen LogP contribution is -1.96. The van der Waals surface area contributed by atoms with Gasteiger partial charge in [-0.25, -0.2) is 9.97 Å². The molecule has 0 radical (unpaired) electrons. The van der Waals surface area contributed by atoms with Gasteiger partial charge in [0.15, 0.2) is 5.15 Å². The molecule has 6 nitrogen and oxygen atoms in total. The molecule has 0 bridgehead atoms. The van der Waals surface area contributed by atoms with Crippen LogP contribution in [0.4, 0.5) is 5.69 Å². The summed E-state index contributed by atoms with van der Waals surface area (Å²) in [5.74, 6) is 0.535. The van der Waals surface area contributed by atoms with Crippen LogP contribution < -0.4 is 4.74 Å². The topological polar surface area (TPSA) is 78.2 Å². The van der Waals surface area contributed by atoms with Crippen LogP contribution in [-0.2, 0) is 0 Å². The third-order valence-electron chi connectivity index (χ3n) is 2.37. The summed E-state index contributed by atoms with van der Waals surface area (Å²) in [6, 6.07) is 4.56. The molecule has 2 rings (SSSR count). The molecule has 0 atom stereocenters. The number of rotatable bonds is 3. The lowest BCUT2D eigenvalue weighted by molar-refractivity contribution is -0.385. The monoisotopic (exact) mass is 343 g/mol. The normalized spacial score (nSPS) is 10.3. The van der Waals surface area contributed by atoms with Gasteiger partial charge < -0.3 is 4.74 Å². The van der Waals surface area contributed by atoms with E-state index in [1.165, 1.54) is 18.5 Å². The second kappa shape index (κ2) is 5.50. The Kier molecular flexibility index (Phi) is 3.96. The van der Waals surface area contributed by atoms with Gasteiger partial charge in [0.1, 0.15) is 16.5 Å². The minimum atomic E-state index is -0.468. The molecule has 0 amide bonds. The van der Waals surface area contributed by atoms with E-state index in [0.717, 1.165) is 0 Å². The van der Waals surface area contributed by atoms with E-state index in [1.807, 2.05) is 0 Å². The molecule has 0 aliphatic heterocycles. The van der Waals surface area contributed by atoms with Crippen LogP contribution >= 0.6 is 27.5 Å². The third kappa shape index (κ3) is 2.82. The van der Waals surface area contributed by atoms with Gasteiger partial charge in [-0.1, -0.05) is 17.7 Å². The zero-order valence-electron chi connectivity index (χ0n) is 9.63. The van der Waals surface area contributed by atoms with Crippen LogP contribution in [0.1, 0.15) is 5.56 Å². The third-order valence-corrected chi connectivity index (χ3v) is 3.60. The highest BCUT2D eigenvalue weighted by molar-refractivity contribution is 9.10. The number of hydrogen-bond donors (Lipinski definition) is 0. The summed E-state index contributed by atoms with van der Waals surface area (Å²) in [6.07, 6.45) is 1.25. The van der Waals surface area contributed by atoms with Crippen molar-refractivity contribution in [3.8, 4) is 11.6 Å². The standard InChI is InChI=1S/C11H7BrClN3O3/c1-6-7(16(17)18)3-2-4-8(6)19-11-9(12)10(13)14-5-15-11/h2-5H,1H3. The molecule has 0 aliphatic carbocycles. The predicted molar refractivity (Wildman–Crippen MR) is 72.6 cm³/mol. The maximum atomic E-state index is 10.8. The van der Waals surface area contributed by atoms with Gasteiger partial charge in [-0.3, -0.25) is 10.1 Å². The first-order valence-electron chi connectivity index (χ1n) is 5.08. The number of hydrogen-bond acceptors (Lipinski definition) is 5. The first-order chi connectivity index (χ1) is 9.00. The number of nitrogens with zero attached hydrogens (tertiary/aromatic N) is 3. The van der Waals surface area contributed by atoms with Crippen LogP contribution in [0.3, 0.4) is 0 Å². The second-order valence-corrected chi connectivity index (χ2v) is 4.69. The van der Waals surface area contributed by atoms with Crippen molar-refractivity contribution in [2.75, 3.05) is 0 Å². The number of benzene rings is 1. The average molecular weight is 345 g/mol. The molecular weight excluding hydrogens is 337 g/mol. The number of nitro benzene ring substituents is 1. The van der Waals surface area contributed by atoms with Gasteiger partial charge in [-0.2, -0.15) is 0 Å². The molecule has 0 N–H and O–H groups in total. The molecule has 0 saturated heterocycles. The Morgan fingerprint density at radius 3 is 2.84 bits per heavy atom. The molecular formula is C11H7BrClN3O3. The Morgan fingerprint density at radius 1 is 1.42 bits per heavy atom. The van der Waals surface area contributed by atoms with Gasteiger partial charge in [-0.05, 0) is 28.9 Å². The summed E-state index contributed by atoms with van der Waals surface area (Å²) in [7, 11) is 0. The molecule has 1 aromatic carbocycles. The summed E-state index contributed by atoms with van der Waals surface area (Å²) in [5.41, 5.74) is 0.392. The van der Waals surface area contributed by atoms with Gasteiger partial charge in [0.25, 0.3) is 5.69 Å². The molecule has 8 heteroatoms. The fraction of sp³-hybridized carbons (Fsp3) is 0.0909. The van der Waals surface area contributed by atoms with Gasteiger partial charge in [0.05, 0.1) is 10.5 Å². The lowest BCUT2D eigenvalue weighted by Gasteiger charge is -2.09. The van der Waals surface area contributed by atoms with E-state index in [2.05, 4.69) is 25.9 Å². The second-order valence-electron chi connectivity index (χ2n) is 3.54. The largest absolute Gasteiger partial charge is 0.437 e. The molecule has 1 aromatic heterocycles. The molecule has 0 unspecified atom stereocenters. The molecule has 0 aliphatic rings. The van der Waals surface area contributed by atoms with Crippen LogP contribution in [-0.4, -0.2) is 14.9 Å². The van der Waals surface area contributed by atoms with E-state index in [4.69, 9.17) is 16.3 Å². The molecule has 19 heavy (non-hydrogen) atoms. The van der Waals surface area contributed by atoms with Crippen LogP contribution in [0.25, 0.3) is 0 Å². The SMILES string of the molecule is Cc1c(Oc2ncnc(Cl)c2Br)cccc1[N+](=O)[O-]. The van der Waals surface area contributed by atoms with E-state index in [0.29, 0.717) is 15.8 Å². The van der Waals surface area contributed by atoms with E-state index >= 15 is 0 Å². The Balaban J connectivity index is 2.42. The number of halogens is 2. The molecule has 1 heterocycles. The fourth-order valence-electron chi connectivity index (χ4n) is 1.42. The summed E-state index contributed by atoms with van der Waals surface area (Å²) < 4.78 is 5.92. The number of aromatic nitrogens is 2. The van der Waals surface area contributed by atoms with Crippen molar-refractivity contribution < 1.29 is 9.66 Å². The van der Waals surface area contributed by atoms with Gasteiger partial charge >= 0.3 is 0 Å². The maximum absolute atomic E-state index is 10.8. The summed E-state index contributed by atoms with van der Waals surface area (Å²) in [4.78, 5) is 18.1. The number of nitro groups is 1. The highest BCUT2D eigenvalue weighted by Crippen LogP contribution is 2.35. The molecule has 0 spiro atoms. The average Bonchev–Trinajstić information content (AvgIpc) is 2.37. The molecule has 0 saturated carbocycles. The quantitative estimate of drug-likeness (QED) is 0.479. The first-order valence-corrected chi connectivity index (χ1v) is 6.25. The Hall–Kier alpha value is -1.73. The van der Waals surface area contributed by atoms with Crippen molar-refractivity contribution in [1.29, 1.82) is 0 Å². The van der Waals surface area contributed by atoms with Crippen LogP contribution in [0.5, 0.6) is 11.6 Å². The van der Waals surface area contributed by atoms with Crippen molar-refractivity contribution in [3.05, 3.63) is 49.8 Å². The Morgan fingerprint density at radius 2 is 2.16 bits per heavy atom. The zero-order valence-corrected chi connectivity index (χ0v) is 12.0. The molecule has 0 fully saturated rings. The van der Waals surface area contributed by atoms with Gasteiger partial charge in [0.2, 0.25) is 5.88 Å².